The average molecular weight is 340 g/mol. The summed E-state index contributed by atoms with van der Waals surface area (Å²) in [5.74, 6) is 0.975. The van der Waals surface area contributed by atoms with Crippen LogP contribution in [-0.4, -0.2) is 44.0 Å². The van der Waals surface area contributed by atoms with Crippen LogP contribution in [0.15, 0.2) is 54.6 Å². The third-order valence-corrected chi connectivity index (χ3v) is 4.47. The van der Waals surface area contributed by atoms with E-state index in [-0.39, 0.29) is 11.8 Å². The number of ether oxygens (including phenoxy) is 1. The van der Waals surface area contributed by atoms with Crippen molar-refractivity contribution in [3.8, 4) is 5.75 Å². The van der Waals surface area contributed by atoms with Gasteiger partial charge in [0.2, 0.25) is 0 Å². The van der Waals surface area contributed by atoms with Gasteiger partial charge in [-0.3, -0.25) is 9.69 Å². The molecule has 2 aromatic rings. The van der Waals surface area contributed by atoms with E-state index < -0.39 is 0 Å². The molecule has 1 atom stereocenters. The number of hydrogen-bond donors (Lipinski definition) is 1. The van der Waals surface area contributed by atoms with Gasteiger partial charge in [0.05, 0.1) is 13.7 Å². The predicted molar refractivity (Wildman–Crippen MR) is 102 cm³/mol. The Bertz CT molecular complexity index is 637. The van der Waals surface area contributed by atoms with Crippen molar-refractivity contribution >= 4 is 5.78 Å². The van der Waals surface area contributed by atoms with Crippen molar-refractivity contribution < 1.29 is 9.53 Å². The van der Waals surface area contributed by atoms with E-state index in [1.165, 1.54) is 5.56 Å². The van der Waals surface area contributed by atoms with Gasteiger partial charge in [0.1, 0.15) is 5.75 Å². The van der Waals surface area contributed by atoms with Crippen LogP contribution >= 0.6 is 0 Å². The van der Waals surface area contributed by atoms with Crippen molar-refractivity contribution in [1.29, 1.82) is 0 Å². The fraction of sp³-hybridized carbons (Fsp3) is 0.381. The van der Waals surface area contributed by atoms with E-state index in [9.17, 15) is 4.79 Å². The second-order valence-corrected chi connectivity index (χ2v) is 5.93. The number of Topliss-reactive ketones (excluding diaryl/α,β-unsaturated/α-hetero) is 1. The number of rotatable bonds is 10. The standard InChI is InChI=1S/C21H28N2O2/c1-4-23(5-2)20(17-11-13-19(25-3)14-12-17)15-22-16-21(24)18-9-7-6-8-10-18/h6-14,20,22H,4-5,15-16H2,1-3H3. The lowest BCUT2D eigenvalue weighted by Crippen LogP contribution is -2.37. The summed E-state index contributed by atoms with van der Waals surface area (Å²) in [4.78, 5) is 14.7. The normalized spacial score (nSPS) is 12.2. The topological polar surface area (TPSA) is 41.6 Å². The molecule has 4 nitrogen and oxygen atoms in total. The third kappa shape index (κ3) is 5.41. The van der Waals surface area contributed by atoms with E-state index in [1.807, 2.05) is 42.5 Å². The van der Waals surface area contributed by atoms with Gasteiger partial charge in [0.15, 0.2) is 5.78 Å². The number of nitrogens with one attached hydrogen (secondary N) is 1. The highest BCUT2D eigenvalue weighted by atomic mass is 16.5. The molecule has 0 spiro atoms. The lowest BCUT2D eigenvalue weighted by atomic mass is 10.0. The van der Waals surface area contributed by atoms with Crippen molar-refractivity contribution in [3.05, 3.63) is 65.7 Å². The zero-order valence-electron chi connectivity index (χ0n) is 15.4. The van der Waals surface area contributed by atoms with Gasteiger partial charge in [0, 0.05) is 18.2 Å². The Kier molecular flexibility index (Phi) is 7.64. The fourth-order valence-electron chi connectivity index (χ4n) is 3.00. The molecule has 4 heteroatoms. The molecule has 1 unspecified atom stereocenters. The molecule has 25 heavy (non-hydrogen) atoms. The van der Waals surface area contributed by atoms with Gasteiger partial charge in [-0.25, -0.2) is 0 Å². The van der Waals surface area contributed by atoms with E-state index in [2.05, 4.69) is 36.2 Å². The first-order valence-corrected chi connectivity index (χ1v) is 8.86. The number of nitrogens with zero attached hydrogens (tertiary/aromatic N) is 1. The molecular formula is C21H28N2O2. The summed E-state index contributed by atoms with van der Waals surface area (Å²) in [7, 11) is 1.67. The van der Waals surface area contributed by atoms with Gasteiger partial charge in [-0.1, -0.05) is 56.3 Å². The summed E-state index contributed by atoms with van der Waals surface area (Å²) in [6, 6.07) is 17.8. The SMILES string of the molecule is CCN(CC)C(CNCC(=O)c1ccccc1)c1ccc(OC)cc1. The van der Waals surface area contributed by atoms with Crippen molar-refractivity contribution in [1.82, 2.24) is 10.2 Å². The fourth-order valence-corrected chi connectivity index (χ4v) is 3.00. The largest absolute Gasteiger partial charge is 0.497 e. The van der Waals surface area contributed by atoms with Crippen LogP contribution in [0.5, 0.6) is 5.75 Å². The molecule has 0 saturated heterocycles. The van der Waals surface area contributed by atoms with Crippen LogP contribution in [0.2, 0.25) is 0 Å². The quantitative estimate of drug-likeness (QED) is 0.672. The second-order valence-electron chi connectivity index (χ2n) is 5.93. The zero-order valence-corrected chi connectivity index (χ0v) is 15.4. The molecule has 0 aliphatic heterocycles. The summed E-state index contributed by atoms with van der Waals surface area (Å²) in [5, 5.41) is 3.34. The van der Waals surface area contributed by atoms with E-state index >= 15 is 0 Å². The predicted octanol–water partition coefficient (Wildman–Crippen LogP) is 3.55. The smallest absolute Gasteiger partial charge is 0.176 e. The first-order chi connectivity index (χ1) is 12.2. The molecule has 0 radical (unpaired) electrons. The van der Waals surface area contributed by atoms with Crippen LogP contribution in [0, 0.1) is 0 Å². The Morgan fingerprint density at radius 1 is 1.04 bits per heavy atom. The lowest BCUT2D eigenvalue weighted by Gasteiger charge is -2.30. The zero-order chi connectivity index (χ0) is 18.1. The summed E-state index contributed by atoms with van der Waals surface area (Å²) in [5.41, 5.74) is 1.97. The molecule has 1 N–H and O–H groups in total. The van der Waals surface area contributed by atoms with Gasteiger partial charge in [-0.2, -0.15) is 0 Å². The highest BCUT2D eigenvalue weighted by Crippen LogP contribution is 2.22. The van der Waals surface area contributed by atoms with Gasteiger partial charge in [-0.05, 0) is 30.8 Å². The molecular weight excluding hydrogens is 312 g/mol. The van der Waals surface area contributed by atoms with Crippen LogP contribution in [0.25, 0.3) is 0 Å². The first-order valence-electron chi connectivity index (χ1n) is 8.86. The van der Waals surface area contributed by atoms with Gasteiger partial charge in [0.25, 0.3) is 0 Å². The Balaban J connectivity index is 2.02. The van der Waals surface area contributed by atoms with Crippen molar-refractivity contribution in [3.63, 3.8) is 0 Å². The molecule has 0 heterocycles. The molecule has 0 fully saturated rings. The number of likely N-dealkylation sites (N-methyl/N-ethyl adjacent to an activating group) is 1. The number of methoxy groups -OCH3 is 1. The minimum atomic E-state index is 0.119. The molecule has 0 saturated carbocycles. The van der Waals surface area contributed by atoms with Crippen LogP contribution in [0.1, 0.15) is 35.8 Å². The third-order valence-electron chi connectivity index (χ3n) is 4.47. The maximum atomic E-state index is 12.3. The second kappa shape index (κ2) is 9.97. The lowest BCUT2D eigenvalue weighted by molar-refractivity contribution is 0.0987. The minimum absolute atomic E-state index is 0.119. The number of carbonyl (C=O) groups excluding carboxylic acids is 1. The van der Waals surface area contributed by atoms with Crippen molar-refractivity contribution in [2.75, 3.05) is 33.3 Å². The average Bonchev–Trinajstić information content (AvgIpc) is 2.68. The van der Waals surface area contributed by atoms with Crippen LogP contribution < -0.4 is 10.1 Å². The summed E-state index contributed by atoms with van der Waals surface area (Å²) < 4.78 is 5.25. The number of carbonyl (C=O) groups is 1. The number of benzene rings is 2. The number of hydrogen-bond acceptors (Lipinski definition) is 4. The first kappa shape index (κ1) is 19.2. The van der Waals surface area contributed by atoms with Crippen molar-refractivity contribution in [2.24, 2.45) is 0 Å². The monoisotopic (exact) mass is 340 g/mol. The molecule has 2 aromatic carbocycles. The molecule has 0 aliphatic carbocycles. The molecule has 0 aliphatic rings. The Morgan fingerprint density at radius 2 is 1.68 bits per heavy atom. The van der Waals surface area contributed by atoms with E-state index in [4.69, 9.17) is 4.74 Å². The minimum Gasteiger partial charge on any atom is -0.497 e. The Labute approximate surface area is 150 Å². The van der Waals surface area contributed by atoms with Gasteiger partial charge in [-0.15, -0.1) is 0 Å². The maximum absolute atomic E-state index is 12.3. The summed E-state index contributed by atoms with van der Waals surface area (Å²) in [6.45, 7) is 7.32. The summed E-state index contributed by atoms with van der Waals surface area (Å²) >= 11 is 0. The maximum Gasteiger partial charge on any atom is 0.176 e. The Morgan fingerprint density at radius 3 is 2.24 bits per heavy atom. The summed E-state index contributed by atoms with van der Waals surface area (Å²) in [6.07, 6.45) is 0. The van der Waals surface area contributed by atoms with Crippen LogP contribution in [0.3, 0.4) is 0 Å². The van der Waals surface area contributed by atoms with E-state index in [1.54, 1.807) is 7.11 Å². The van der Waals surface area contributed by atoms with Gasteiger partial charge < -0.3 is 10.1 Å². The highest BCUT2D eigenvalue weighted by Gasteiger charge is 2.18. The van der Waals surface area contributed by atoms with E-state index in [0.29, 0.717) is 6.54 Å². The molecule has 0 bridgehead atoms. The highest BCUT2D eigenvalue weighted by molar-refractivity contribution is 5.97. The molecule has 0 amide bonds. The number of ketones is 1. The van der Waals surface area contributed by atoms with Crippen molar-refractivity contribution in [2.45, 2.75) is 19.9 Å². The van der Waals surface area contributed by atoms with Gasteiger partial charge >= 0.3 is 0 Å². The Hall–Kier alpha value is -2.17. The van der Waals surface area contributed by atoms with Crippen LogP contribution in [0.4, 0.5) is 0 Å². The van der Waals surface area contributed by atoms with E-state index in [0.717, 1.165) is 30.9 Å². The van der Waals surface area contributed by atoms with Crippen LogP contribution in [-0.2, 0) is 0 Å². The molecule has 2 rings (SSSR count). The molecule has 0 aromatic heterocycles. The molecule has 134 valence electrons.